The van der Waals surface area contributed by atoms with Gasteiger partial charge < -0.3 is 9.47 Å². The van der Waals surface area contributed by atoms with Crippen molar-refractivity contribution in [3.8, 4) is 0 Å². The number of rotatable bonds is 6. The summed E-state index contributed by atoms with van der Waals surface area (Å²) < 4.78 is 9.93. The minimum Gasteiger partial charge on any atom is -0.468 e. The second-order valence-corrected chi connectivity index (χ2v) is 4.98. The lowest BCUT2D eigenvalue weighted by atomic mass is 9.99. The molecule has 0 spiro atoms. The topological polar surface area (TPSA) is 69.7 Å². The number of ether oxygens (including phenoxy) is 2. The number of benzene rings is 1. The molecular weight excluding hydrogens is 328 g/mol. The van der Waals surface area contributed by atoms with Crippen LogP contribution in [0.4, 0.5) is 0 Å². The van der Waals surface area contributed by atoms with Gasteiger partial charge in [-0.15, -0.1) is 0 Å². The van der Waals surface area contributed by atoms with Gasteiger partial charge in [-0.2, -0.15) is 0 Å². The highest BCUT2D eigenvalue weighted by atomic mass is 79.9. The zero-order chi connectivity index (χ0) is 15.1. The maximum atomic E-state index is 12.0. The Morgan fingerprint density at radius 3 is 2.00 bits per heavy atom. The predicted octanol–water partition coefficient (Wildman–Crippen LogP) is 2.37. The molecule has 0 amide bonds. The van der Waals surface area contributed by atoms with E-state index < -0.39 is 17.9 Å². The van der Waals surface area contributed by atoms with Crippen LogP contribution in [0, 0.1) is 5.92 Å². The van der Waals surface area contributed by atoms with Gasteiger partial charge in [-0.3, -0.25) is 14.4 Å². The molecule has 0 unspecified atom stereocenters. The largest absolute Gasteiger partial charge is 0.468 e. The van der Waals surface area contributed by atoms with Crippen molar-refractivity contribution in [2.75, 3.05) is 14.2 Å². The molecule has 0 aliphatic carbocycles. The molecule has 6 heteroatoms. The van der Waals surface area contributed by atoms with Crippen LogP contribution in [0.25, 0.3) is 0 Å². The average molecular weight is 343 g/mol. The maximum Gasteiger partial charge on any atom is 0.320 e. The number of esters is 2. The molecule has 0 bridgehead atoms. The molecular formula is C14H15BrO5. The van der Waals surface area contributed by atoms with E-state index in [0.717, 1.165) is 4.47 Å². The van der Waals surface area contributed by atoms with Crippen LogP contribution in [0.5, 0.6) is 0 Å². The molecule has 0 fully saturated rings. The lowest BCUT2D eigenvalue weighted by molar-refractivity contribution is -0.158. The third-order valence-corrected chi connectivity index (χ3v) is 3.33. The van der Waals surface area contributed by atoms with E-state index in [1.165, 1.54) is 14.2 Å². The molecule has 0 aliphatic rings. The van der Waals surface area contributed by atoms with Gasteiger partial charge in [-0.1, -0.05) is 28.1 Å². The lowest BCUT2D eigenvalue weighted by Crippen LogP contribution is -2.27. The highest BCUT2D eigenvalue weighted by Crippen LogP contribution is 2.16. The van der Waals surface area contributed by atoms with E-state index in [9.17, 15) is 14.4 Å². The second kappa shape index (κ2) is 7.79. The van der Waals surface area contributed by atoms with Crippen LogP contribution in [0.15, 0.2) is 28.7 Å². The van der Waals surface area contributed by atoms with Gasteiger partial charge in [0.25, 0.3) is 0 Å². The molecule has 0 aromatic heterocycles. The van der Waals surface area contributed by atoms with E-state index in [4.69, 9.17) is 0 Å². The first-order valence-corrected chi connectivity index (χ1v) is 6.73. The number of Topliss-reactive ketones (excluding diaryl/α,β-unsaturated/α-hetero) is 1. The van der Waals surface area contributed by atoms with E-state index in [1.807, 2.05) is 0 Å². The van der Waals surface area contributed by atoms with Crippen molar-refractivity contribution >= 4 is 33.7 Å². The number of carbonyl (C=O) groups is 3. The van der Waals surface area contributed by atoms with Crippen molar-refractivity contribution in [2.45, 2.75) is 12.8 Å². The monoisotopic (exact) mass is 342 g/mol. The summed E-state index contributed by atoms with van der Waals surface area (Å²) in [6, 6.07) is 6.87. The average Bonchev–Trinajstić information content (AvgIpc) is 2.47. The third kappa shape index (κ3) is 4.45. The summed E-state index contributed by atoms with van der Waals surface area (Å²) in [6.45, 7) is 0. The minimum atomic E-state index is -1.07. The molecule has 20 heavy (non-hydrogen) atoms. The molecule has 0 atom stereocenters. The van der Waals surface area contributed by atoms with E-state index >= 15 is 0 Å². The molecule has 108 valence electrons. The van der Waals surface area contributed by atoms with Crippen molar-refractivity contribution in [1.29, 1.82) is 0 Å². The zero-order valence-corrected chi connectivity index (χ0v) is 12.8. The third-order valence-electron chi connectivity index (χ3n) is 2.80. The van der Waals surface area contributed by atoms with Crippen molar-refractivity contribution < 1.29 is 23.9 Å². The van der Waals surface area contributed by atoms with Crippen molar-refractivity contribution in [3.63, 3.8) is 0 Å². The first-order chi connectivity index (χ1) is 9.49. The number of ketones is 1. The lowest BCUT2D eigenvalue weighted by Gasteiger charge is -2.11. The fourth-order valence-electron chi connectivity index (χ4n) is 1.67. The van der Waals surface area contributed by atoms with Crippen molar-refractivity contribution in [2.24, 2.45) is 5.92 Å². The summed E-state index contributed by atoms with van der Waals surface area (Å²) in [5, 5.41) is 0. The molecule has 0 heterocycles. The van der Waals surface area contributed by atoms with E-state index in [-0.39, 0.29) is 18.6 Å². The quantitative estimate of drug-likeness (QED) is 0.451. The maximum absolute atomic E-state index is 12.0. The van der Waals surface area contributed by atoms with Gasteiger partial charge in [0.05, 0.1) is 14.2 Å². The Morgan fingerprint density at radius 2 is 1.55 bits per heavy atom. The Morgan fingerprint density at radius 1 is 1.05 bits per heavy atom. The summed E-state index contributed by atoms with van der Waals surface area (Å²) in [7, 11) is 2.38. The summed E-state index contributed by atoms with van der Waals surface area (Å²) in [6.07, 6.45) is 0.130. The molecule has 1 rings (SSSR count). The molecule has 1 aromatic carbocycles. The van der Waals surface area contributed by atoms with Gasteiger partial charge in [-0.05, 0) is 18.6 Å². The summed E-state index contributed by atoms with van der Waals surface area (Å²) in [5.74, 6) is -2.60. The number of hydrogen-bond acceptors (Lipinski definition) is 5. The molecule has 5 nitrogen and oxygen atoms in total. The van der Waals surface area contributed by atoms with Crippen LogP contribution in [-0.4, -0.2) is 31.9 Å². The number of halogens is 1. The number of methoxy groups -OCH3 is 2. The van der Waals surface area contributed by atoms with Gasteiger partial charge in [0.1, 0.15) is 0 Å². The fraction of sp³-hybridized carbons (Fsp3) is 0.357. The van der Waals surface area contributed by atoms with Gasteiger partial charge >= 0.3 is 11.9 Å². The summed E-state index contributed by atoms with van der Waals surface area (Å²) in [5.41, 5.74) is 0.529. The van der Waals surface area contributed by atoms with Crippen LogP contribution in [-0.2, 0) is 19.1 Å². The molecule has 0 radical (unpaired) electrons. The Balaban J connectivity index is 2.67. The highest BCUT2D eigenvalue weighted by molar-refractivity contribution is 9.10. The summed E-state index contributed by atoms with van der Waals surface area (Å²) >= 11 is 3.28. The van der Waals surface area contributed by atoms with E-state index in [0.29, 0.717) is 5.56 Å². The Kier molecular flexibility index (Phi) is 6.38. The Bertz CT molecular complexity index is 479. The van der Waals surface area contributed by atoms with E-state index in [2.05, 4.69) is 25.4 Å². The normalized spacial score (nSPS) is 10.2. The Hall–Kier alpha value is -1.69. The zero-order valence-electron chi connectivity index (χ0n) is 11.2. The standard InChI is InChI=1S/C14H15BrO5/c1-19-13(17)11(14(18)20-2)7-8-12(16)9-3-5-10(15)6-4-9/h3-6,11H,7-8H2,1-2H3. The number of carbonyl (C=O) groups excluding carboxylic acids is 3. The highest BCUT2D eigenvalue weighted by Gasteiger charge is 2.29. The first kappa shape index (κ1) is 16.4. The Labute approximate surface area is 125 Å². The smallest absolute Gasteiger partial charge is 0.320 e. The van der Waals surface area contributed by atoms with Gasteiger partial charge in [-0.25, -0.2) is 0 Å². The molecule has 1 aromatic rings. The second-order valence-electron chi connectivity index (χ2n) is 4.07. The predicted molar refractivity (Wildman–Crippen MR) is 75.2 cm³/mol. The fourth-order valence-corrected chi connectivity index (χ4v) is 1.94. The molecule has 0 saturated carbocycles. The molecule has 0 aliphatic heterocycles. The van der Waals surface area contributed by atoms with Gasteiger partial charge in [0.15, 0.2) is 11.7 Å². The van der Waals surface area contributed by atoms with Crippen LogP contribution in [0.1, 0.15) is 23.2 Å². The van der Waals surface area contributed by atoms with Crippen molar-refractivity contribution in [3.05, 3.63) is 34.3 Å². The van der Waals surface area contributed by atoms with Crippen LogP contribution in [0.3, 0.4) is 0 Å². The van der Waals surface area contributed by atoms with Crippen LogP contribution >= 0.6 is 15.9 Å². The SMILES string of the molecule is COC(=O)C(CCC(=O)c1ccc(Br)cc1)C(=O)OC. The molecule has 0 saturated heterocycles. The number of hydrogen-bond donors (Lipinski definition) is 0. The van der Waals surface area contributed by atoms with Crippen LogP contribution in [0.2, 0.25) is 0 Å². The van der Waals surface area contributed by atoms with E-state index in [1.54, 1.807) is 24.3 Å². The molecule has 0 N–H and O–H groups in total. The van der Waals surface area contributed by atoms with Gasteiger partial charge in [0.2, 0.25) is 0 Å². The van der Waals surface area contributed by atoms with Crippen molar-refractivity contribution in [1.82, 2.24) is 0 Å². The van der Waals surface area contributed by atoms with Crippen LogP contribution < -0.4 is 0 Å². The van der Waals surface area contributed by atoms with Gasteiger partial charge in [0, 0.05) is 16.5 Å². The first-order valence-electron chi connectivity index (χ1n) is 5.94. The summed E-state index contributed by atoms with van der Waals surface area (Å²) in [4.78, 5) is 34.9. The minimum absolute atomic E-state index is 0.0637.